The van der Waals surface area contributed by atoms with Crippen LogP contribution >= 0.6 is 0 Å². The fourth-order valence-corrected chi connectivity index (χ4v) is 2.37. The van der Waals surface area contributed by atoms with Crippen LogP contribution in [0.1, 0.15) is 28.4 Å². The molecule has 1 aliphatic rings. The second kappa shape index (κ2) is 4.57. The molecule has 2 heterocycles. The third-order valence-corrected chi connectivity index (χ3v) is 3.21. The van der Waals surface area contributed by atoms with Crippen LogP contribution in [-0.4, -0.2) is 26.9 Å². The first-order valence-electron chi connectivity index (χ1n) is 6.19. The molecular formula is C13H10F3N3O2. The van der Waals surface area contributed by atoms with Crippen molar-refractivity contribution in [2.24, 2.45) is 0 Å². The number of fused-ring (bicyclic) bond motifs is 3. The molecule has 8 heteroatoms. The number of benzene rings is 1. The zero-order valence-corrected chi connectivity index (χ0v) is 10.9. The quantitative estimate of drug-likeness (QED) is 0.812. The molecule has 0 bridgehead atoms. The van der Waals surface area contributed by atoms with Gasteiger partial charge in [0.25, 0.3) is 0 Å². The number of rotatable bonds is 1. The van der Waals surface area contributed by atoms with Crippen molar-refractivity contribution in [2.45, 2.75) is 26.1 Å². The summed E-state index contributed by atoms with van der Waals surface area (Å²) < 4.78 is 42.4. The molecule has 0 aliphatic carbocycles. The van der Waals surface area contributed by atoms with Gasteiger partial charge in [0.2, 0.25) is 0 Å². The summed E-state index contributed by atoms with van der Waals surface area (Å²) in [6, 6.07) is 3.70. The van der Waals surface area contributed by atoms with Crippen molar-refractivity contribution in [3.63, 3.8) is 0 Å². The molecule has 21 heavy (non-hydrogen) atoms. The van der Waals surface area contributed by atoms with Gasteiger partial charge in [-0.25, -0.2) is 0 Å². The standard InChI is InChI=1S/C13H10F3N3O2/c1-7-17-18-12-5-4-11(20)9-6-8(21-13(14,15)16)2-3-10(9)19(7)12/h2-3,6H,4-5H2,1H3. The van der Waals surface area contributed by atoms with Gasteiger partial charge in [-0.3, -0.25) is 9.36 Å². The van der Waals surface area contributed by atoms with Crippen molar-refractivity contribution < 1.29 is 22.7 Å². The van der Waals surface area contributed by atoms with Gasteiger partial charge in [0.05, 0.1) is 5.69 Å². The van der Waals surface area contributed by atoms with Gasteiger partial charge in [0.1, 0.15) is 17.4 Å². The van der Waals surface area contributed by atoms with Gasteiger partial charge in [-0.05, 0) is 25.1 Å². The van der Waals surface area contributed by atoms with E-state index in [1.54, 1.807) is 11.5 Å². The van der Waals surface area contributed by atoms with E-state index in [4.69, 9.17) is 0 Å². The molecule has 0 saturated carbocycles. The molecule has 5 nitrogen and oxygen atoms in total. The Labute approximate surface area is 117 Å². The lowest BCUT2D eigenvalue weighted by Gasteiger charge is -2.13. The van der Waals surface area contributed by atoms with Crippen LogP contribution in [0, 0.1) is 6.92 Å². The Morgan fingerprint density at radius 3 is 2.71 bits per heavy atom. The maximum atomic E-state index is 12.3. The first kappa shape index (κ1) is 13.6. The maximum absolute atomic E-state index is 12.3. The van der Waals surface area contributed by atoms with Crippen LogP contribution < -0.4 is 4.74 Å². The third-order valence-electron chi connectivity index (χ3n) is 3.21. The Balaban J connectivity index is 2.13. The van der Waals surface area contributed by atoms with Gasteiger partial charge in [-0.15, -0.1) is 23.4 Å². The second-order valence-corrected chi connectivity index (χ2v) is 4.65. The topological polar surface area (TPSA) is 57.0 Å². The van der Waals surface area contributed by atoms with Crippen molar-refractivity contribution in [1.82, 2.24) is 14.8 Å². The molecule has 0 unspecified atom stereocenters. The molecule has 0 amide bonds. The molecule has 3 rings (SSSR count). The molecule has 110 valence electrons. The number of aryl methyl sites for hydroxylation is 2. The Hall–Kier alpha value is -2.38. The van der Waals surface area contributed by atoms with E-state index in [2.05, 4.69) is 14.9 Å². The Bertz CT molecular complexity index is 722. The molecule has 0 saturated heterocycles. The van der Waals surface area contributed by atoms with Gasteiger partial charge in [0.15, 0.2) is 5.78 Å². The molecule has 1 aromatic heterocycles. The smallest absolute Gasteiger partial charge is 0.406 e. The number of aromatic nitrogens is 3. The minimum atomic E-state index is -4.79. The maximum Gasteiger partial charge on any atom is 0.573 e. The number of ether oxygens (including phenoxy) is 1. The highest BCUT2D eigenvalue weighted by Crippen LogP contribution is 2.30. The number of nitrogens with zero attached hydrogens (tertiary/aromatic N) is 3. The lowest BCUT2D eigenvalue weighted by atomic mass is 10.1. The fraction of sp³-hybridized carbons (Fsp3) is 0.308. The summed E-state index contributed by atoms with van der Waals surface area (Å²) in [7, 11) is 0. The largest absolute Gasteiger partial charge is 0.573 e. The average Bonchev–Trinajstić information content (AvgIpc) is 2.68. The van der Waals surface area contributed by atoms with Gasteiger partial charge in [-0.2, -0.15) is 0 Å². The van der Waals surface area contributed by atoms with E-state index < -0.39 is 12.1 Å². The highest BCUT2D eigenvalue weighted by Gasteiger charge is 2.32. The normalized spacial score (nSPS) is 14.4. The first-order chi connectivity index (χ1) is 9.85. The zero-order valence-electron chi connectivity index (χ0n) is 10.9. The Morgan fingerprint density at radius 1 is 1.24 bits per heavy atom. The van der Waals surface area contributed by atoms with E-state index in [-0.39, 0.29) is 17.8 Å². The third kappa shape index (κ3) is 2.48. The summed E-state index contributed by atoms with van der Waals surface area (Å²) in [5, 5.41) is 7.92. The number of halogens is 3. The number of alkyl halides is 3. The fourth-order valence-electron chi connectivity index (χ4n) is 2.37. The van der Waals surface area contributed by atoms with Crippen LogP contribution in [0.25, 0.3) is 5.69 Å². The minimum Gasteiger partial charge on any atom is -0.406 e. The minimum absolute atomic E-state index is 0.167. The van der Waals surface area contributed by atoms with Crippen LogP contribution in [0.5, 0.6) is 5.75 Å². The highest BCUT2D eigenvalue weighted by molar-refractivity contribution is 6.00. The predicted octanol–water partition coefficient (Wildman–Crippen LogP) is 2.60. The highest BCUT2D eigenvalue weighted by atomic mass is 19.4. The number of hydrogen-bond acceptors (Lipinski definition) is 4. The van der Waals surface area contributed by atoms with Gasteiger partial charge in [0, 0.05) is 18.4 Å². The van der Waals surface area contributed by atoms with Crippen molar-refractivity contribution in [3.05, 3.63) is 35.4 Å². The molecule has 0 fully saturated rings. The summed E-state index contributed by atoms with van der Waals surface area (Å²) in [5.74, 6) is 0.529. The monoisotopic (exact) mass is 297 g/mol. The van der Waals surface area contributed by atoms with E-state index >= 15 is 0 Å². The number of carbonyl (C=O) groups excluding carboxylic acids is 1. The SMILES string of the molecule is Cc1nnc2n1-c1ccc(OC(F)(F)F)cc1C(=O)CC2. The number of carbonyl (C=O) groups is 1. The van der Waals surface area contributed by atoms with E-state index in [9.17, 15) is 18.0 Å². The van der Waals surface area contributed by atoms with Crippen molar-refractivity contribution >= 4 is 5.78 Å². The summed E-state index contributed by atoms with van der Waals surface area (Å²) >= 11 is 0. The molecule has 2 aromatic rings. The van der Waals surface area contributed by atoms with Gasteiger partial charge >= 0.3 is 6.36 Å². The summed E-state index contributed by atoms with van der Waals surface area (Å²) in [4.78, 5) is 12.1. The lowest BCUT2D eigenvalue weighted by Crippen LogP contribution is -2.17. The second-order valence-electron chi connectivity index (χ2n) is 4.65. The summed E-state index contributed by atoms with van der Waals surface area (Å²) in [5.41, 5.74) is 0.655. The Morgan fingerprint density at radius 2 is 2.00 bits per heavy atom. The van der Waals surface area contributed by atoms with Gasteiger partial charge < -0.3 is 4.74 Å². The van der Waals surface area contributed by atoms with E-state index in [0.717, 1.165) is 6.07 Å². The van der Waals surface area contributed by atoms with Crippen LogP contribution in [0.3, 0.4) is 0 Å². The molecule has 0 atom stereocenters. The zero-order chi connectivity index (χ0) is 15.2. The molecule has 0 spiro atoms. The van der Waals surface area contributed by atoms with Crippen molar-refractivity contribution in [3.8, 4) is 11.4 Å². The molecular weight excluding hydrogens is 287 g/mol. The number of ketones is 1. The lowest BCUT2D eigenvalue weighted by molar-refractivity contribution is -0.274. The van der Waals surface area contributed by atoms with E-state index in [0.29, 0.717) is 23.8 Å². The van der Waals surface area contributed by atoms with E-state index in [1.165, 1.54) is 12.1 Å². The van der Waals surface area contributed by atoms with Crippen molar-refractivity contribution in [2.75, 3.05) is 0 Å². The van der Waals surface area contributed by atoms with Gasteiger partial charge in [-0.1, -0.05) is 0 Å². The summed E-state index contributed by atoms with van der Waals surface area (Å²) in [6.07, 6.45) is -4.23. The van der Waals surface area contributed by atoms with Crippen LogP contribution in [0.15, 0.2) is 18.2 Å². The van der Waals surface area contributed by atoms with Crippen LogP contribution in [0.4, 0.5) is 13.2 Å². The van der Waals surface area contributed by atoms with Crippen LogP contribution in [0.2, 0.25) is 0 Å². The molecule has 0 radical (unpaired) electrons. The Kier molecular flexibility index (Phi) is 2.96. The predicted molar refractivity (Wildman–Crippen MR) is 65.4 cm³/mol. The molecule has 1 aromatic carbocycles. The van der Waals surface area contributed by atoms with E-state index in [1.807, 2.05) is 0 Å². The first-order valence-corrected chi connectivity index (χ1v) is 6.19. The molecule has 1 aliphatic heterocycles. The van der Waals surface area contributed by atoms with Crippen LogP contribution in [-0.2, 0) is 6.42 Å². The molecule has 0 N–H and O–H groups in total. The average molecular weight is 297 g/mol. The van der Waals surface area contributed by atoms with Crippen molar-refractivity contribution in [1.29, 1.82) is 0 Å². The number of Topliss-reactive ketones (excluding diaryl/α,β-unsaturated/α-hetero) is 1. The number of hydrogen-bond donors (Lipinski definition) is 0. The summed E-state index contributed by atoms with van der Waals surface area (Å²) in [6.45, 7) is 1.72.